The molecule has 0 saturated heterocycles. The molecule has 0 saturated carbocycles. The summed E-state index contributed by atoms with van der Waals surface area (Å²) in [5.74, 6) is -0.582. The molecule has 0 fully saturated rings. The van der Waals surface area contributed by atoms with Crippen LogP contribution in [-0.4, -0.2) is 40.8 Å². The zero-order valence-electron chi connectivity index (χ0n) is 12.3. The van der Waals surface area contributed by atoms with Crippen LogP contribution in [0.5, 0.6) is 0 Å². The molecule has 0 aliphatic carbocycles. The highest BCUT2D eigenvalue weighted by Gasteiger charge is 2.17. The molecule has 0 radical (unpaired) electrons. The summed E-state index contributed by atoms with van der Waals surface area (Å²) in [7, 11) is 1.48. The summed E-state index contributed by atoms with van der Waals surface area (Å²) in [4.78, 5) is 30.1. The second-order valence-corrected chi connectivity index (χ2v) is 5.06. The van der Waals surface area contributed by atoms with Crippen molar-refractivity contribution in [1.29, 1.82) is 0 Å². The van der Waals surface area contributed by atoms with E-state index < -0.39 is 17.7 Å². The number of anilines is 1. The van der Waals surface area contributed by atoms with Crippen LogP contribution in [0.2, 0.25) is 0 Å². The number of hydrogen-bond acceptors (Lipinski definition) is 5. The topological polar surface area (TPSA) is 113 Å². The molecule has 1 rings (SSSR count). The van der Waals surface area contributed by atoms with Crippen LogP contribution in [0.25, 0.3) is 0 Å². The molecule has 0 atom stereocenters. The molecule has 0 bridgehead atoms. The molecule has 0 aromatic carbocycles. The maximum absolute atomic E-state index is 11.6. The van der Waals surface area contributed by atoms with Gasteiger partial charge in [-0.25, -0.2) is 14.6 Å². The molecule has 1 amide bonds. The quantitative estimate of drug-likeness (QED) is 0.565. The van der Waals surface area contributed by atoms with E-state index >= 15 is 0 Å². The molecule has 21 heavy (non-hydrogen) atoms. The fourth-order valence-corrected chi connectivity index (χ4v) is 1.26. The lowest BCUT2D eigenvalue weighted by atomic mass is 10.2. The normalized spacial score (nSPS) is 11.7. The van der Waals surface area contributed by atoms with E-state index in [2.05, 4.69) is 20.6 Å². The van der Waals surface area contributed by atoms with Gasteiger partial charge in [-0.3, -0.25) is 10.3 Å². The number of aliphatic imine (C=N–C) groups is 1. The lowest BCUT2D eigenvalue weighted by molar-refractivity contribution is 0.0562. The summed E-state index contributed by atoms with van der Waals surface area (Å²) in [5, 5.41) is 13.9. The molecular formula is C13H18N4O4. The second kappa shape index (κ2) is 6.69. The fourth-order valence-electron chi connectivity index (χ4n) is 1.26. The Kier molecular flexibility index (Phi) is 5.23. The third-order valence-electron chi connectivity index (χ3n) is 2.10. The number of carboxylic acid groups (broad SMARTS) is 1. The van der Waals surface area contributed by atoms with Crippen LogP contribution < -0.4 is 10.6 Å². The van der Waals surface area contributed by atoms with Crippen LogP contribution in [0.1, 0.15) is 31.1 Å². The summed E-state index contributed by atoms with van der Waals surface area (Å²) in [5.41, 5.74) is -0.555. The highest BCUT2D eigenvalue weighted by atomic mass is 16.6. The van der Waals surface area contributed by atoms with E-state index in [1.54, 1.807) is 20.8 Å². The van der Waals surface area contributed by atoms with Crippen LogP contribution in [0, 0.1) is 0 Å². The standard InChI is InChI=1S/C13H18N4O4/c1-13(2,3)21-12(20)17-11(14-4)16-9-6-5-8(7-15-9)10(18)19/h5-7H,1-4H3,(H,18,19)(H2,14,15,16,17,20). The SMILES string of the molecule is CN=C(NC(=O)OC(C)(C)C)Nc1ccc(C(=O)O)cn1. The van der Waals surface area contributed by atoms with Gasteiger partial charge in [0, 0.05) is 13.2 Å². The van der Waals surface area contributed by atoms with Crippen LogP contribution in [0.4, 0.5) is 10.6 Å². The predicted molar refractivity (Wildman–Crippen MR) is 77.5 cm³/mol. The highest BCUT2D eigenvalue weighted by Crippen LogP contribution is 2.07. The third kappa shape index (κ3) is 5.89. The first-order chi connectivity index (χ1) is 9.71. The Morgan fingerprint density at radius 2 is 2.00 bits per heavy atom. The molecule has 8 nitrogen and oxygen atoms in total. The van der Waals surface area contributed by atoms with E-state index in [4.69, 9.17) is 9.84 Å². The Bertz CT molecular complexity index is 546. The van der Waals surface area contributed by atoms with Crippen LogP contribution in [-0.2, 0) is 4.74 Å². The van der Waals surface area contributed by atoms with Crippen molar-refractivity contribution < 1.29 is 19.4 Å². The Morgan fingerprint density at radius 3 is 2.43 bits per heavy atom. The van der Waals surface area contributed by atoms with E-state index in [9.17, 15) is 9.59 Å². The Balaban J connectivity index is 2.66. The number of guanidine groups is 1. The average molecular weight is 294 g/mol. The van der Waals surface area contributed by atoms with Crippen LogP contribution in [0.15, 0.2) is 23.3 Å². The van der Waals surface area contributed by atoms with E-state index in [0.29, 0.717) is 5.82 Å². The van der Waals surface area contributed by atoms with Gasteiger partial charge < -0.3 is 15.2 Å². The average Bonchev–Trinajstić information content (AvgIpc) is 2.36. The first-order valence-corrected chi connectivity index (χ1v) is 6.14. The predicted octanol–water partition coefficient (Wildman–Crippen LogP) is 1.70. The van der Waals surface area contributed by atoms with Gasteiger partial charge in [0.05, 0.1) is 5.56 Å². The van der Waals surface area contributed by atoms with Gasteiger partial charge in [0.2, 0.25) is 5.96 Å². The number of rotatable bonds is 2. The van der Waals surface area contributed by atoms with Crippen molar-refractivity contribution in [2.45, 2.75) is 26.4 Å². The minimum Gasteiger partial charge on any atom is -0.478 e. The summed E-state index contributed by atoms with van der Waals surface area (Å²) in [6.45, 7) is 5.23. The summed E-state index contributed by atoms with van der Waals surface area (Å²) < 4.78 is 5.09. The molecule has 3 N–H and O–H groups in total. The number of aromatic nitrogens is 1. The van der Waals surface area contributed by atoms with Gasteiger partial charge in [0.1, 0.15) is 11.4 Å². The van der Waals surface area contributed by atoms with E-state index in [-0.39, 0.29) is 11.5 Å². The van der Waals surface area contributed by atoms with Gasteiger partial charge in [-0.1, -0.05) is 0 Å². The number of aromatic carboxylic acids is 1. The van der Waals surface area contributed by atoms with Crippen molar-refractivity contribution in [2.75, 3.05) is 12.4 Å². The molecule has 8 heteroatoms. The number of nitrogens with zero attached hydrogens (tertiary/aromatic N) is 2. The highest BCUT2D eigenvalue weighted by molar-refractivity contribution is 6.01. The zero-order chi connectivity index (χ0) is 16.0. The minimum atomic E-state index is -1.06. The largest absolute Gasteiger partial charge is 0.478 e. The van der Waals surface area contributed by atoms with Crippen molar-refractivity contribution in [3.05, 3.63) is 23.9 Å². The molecule has 0 spiro atoms. The van der Waals surface area contributed by atoms with E-state index in [1.165, 1.54) is 25.4 Å². The Labute approximate surface area is 122 Å². The third-order valence-corrected chi connectivity index (χ3v) is 2.10. The van der Waals surface area contributed by atoms with Crippen LogP contribution >= 0.6 is 0 Å². The van der Waals surface area contributed by atoms with Crippen molar-refractivity contribution >= 4 is 23.8 Å². The summed E-state index contributed by atoms with van der Waals surface area (Å²) in [6.07, 6.45) is 0.545. The van der Waals surface area contributed by atoms with Gasteiger partial charge >= 0.3 is 12.1 Å². The molecule has 1 aromatic heterocycles. The van der Waals surface area contributed by atoms with Gasteiger partial charge in [0.25, 0.3) is 0 Å². The number of ether oxygens (including phenoxy) is 1. The smallest absolute Gasteiger partial charge is 0.414 e. The number of nitrogens with one attached hydrogen (secondary N) is 2. The summed E-state index contributed by atoms with van der Waals surface area (Å²) in [6, 6.07) is 2.85. The zero-order valence-corrected chi connectivity index (χ0v) is 12.3. The first kappa shape index (κ1) is 16.4. The lowest BCUT2D eigenvalue weighted by Gasteiger charge is -2.20. The first-order valence-electron chi connectivity index (χ1n) is 6.14. The minimum absolute atomic E-state index is 0.0654. The number of amides is 1. The van der Waals surface area contributed by atoms with Crippen molar-refractivity contribution in [2.24, 2.45) is 4.99 Å². The van der Waals surface area contributed by atoms with E-state index in [0.717, 1.165) is 0 Å². The summed E-state index contributed by atoms with van der Waals surface area (Å²) >= 11 is 0. The number of carbonyl (C=O) groups is 2. The van der Waals surface area contributed by atoms with Crippen molar-refractivity contribution in [3.8, 4) is 0 Å². The molecule has 114 valence electrons. The molecule has 0 unspecified atom stereocenters. The fraction of sp³-hybridized carbons (Fsp3) is 0.385. The molecule has 1 heterocycles. The Hall–Kier alpha value is -2.64. The maximum Gasteiger partial charge on any atom is 0.414 e. The number of alkyl carbamates (subject to hydrolysis) is 1. The van der Waals surface area contributed by atoms with Gasteiger partial charge in [-0.05, 0) is 32.9 Å². The lowest BCUT2D eigenvalue weighted by Crippen LogP contribution is -2.39. The van der Waals surface area contributed by atoms with Crippen LogP contribution in [0.3, 0.4) is 0 Å². The molecular weight excluding hydrogens is 276 g/mol. The maximum atomic E-state index is 11.6. The number of hydrogen-bond donors (Lipinski definition) is 3. The van der Waals surface area contributed by atoms with Gasteiger partial charge in [-0.15, -0.1) is 0 Å². The number of carbonyl (C=O) groups excluding carboxylic acids is 1. The van der Waals surface area contributed by atoms with Gasteiger partial charge in [0.15, 0.2) is 0 Å². The number of pyridine rings is 1. The second-order valence-electron chi connectivity index (χ2n) is 5.06. The van der Waals surface area contributed by atoms with E-state index in [1.807, 2.05) is 0 Å². The molecule has 0 aliphatic heterocycles. The molecule has 0 aliphatic rings. The van der Waals surface area contributed by atoms with Crippen molar-refractivity contribution in [3.63, 3.8) is 0 Å². The number of carboxylic acids is 1. The molecule has 1 aromatic rings. The van der Waals surface area contributed by atoms with Gasteiger partial charge in [-0.2, -0.15) is 0 Å². The van der Waals surface area contributed by atoms with Crippen molar-refractivity contribution in [1.82, 2.24) is 10.3 Å². The monoisotopic (exact) mass is 294 g/mol. The Morgan fingerprint density at radius 1 is 1.33 bits per heavy atom.